The van der Waals surface area contributed by atoms with Gasteiger partial charge in [0.2, 0.25) is 5.91 Å². The molecule has 1 amide bonds. The van der Waals surface area contributed by atoms with Gasteiger partial charge in [0.05, 0.1) is 18.6 Å². The molecule has 1 saturated heterocycles. The standard InChI is InChI=1S/C10H19N3O6S/c1-6-4-13(5-7(2)19-6)20(17,18)12-8(10(15)16)3-9(11)14/h6-8,12H,3-5H2,1-2H3,(H2,11,14)(H,15,16)/t6?,7?,8-/m0/s1. The van der Waals surface area contributed by atoms with Gasteiger partial charge in [0.15, 0.2) is 0 Å². The van der Waals surface area contributed by atoms with E-state index in [1.54, 1.807) is 13.8 Å². The molecule has 1 heterocycles. The molecule has 4 N–H and O–H groups in total. The SMILES string of the molecule is CC1CN(S(=O)(=O)N[C@@H](CC(N)=O)C(=O)O)CC(C)O1. The zero-order chi connectivity index (χ0) is 15.5. The first kappa shape index (κ1) is 16.8. The predicted molar refractivity (Wildman–Crippen MR) is 68.9 cm³/mol. The second-order valence-corrected chi connectivity index (χ2v) is 6.46. The van der Waals surface area contributed by atoms with Crippen molar-refractivity contribution in [1.82, 2.24) is 9.03 Å². The Morgan fingerprint density at radius 3 is 2.30 bits per heavy atom. The number of nitrogens with two attached hydrogens (primary N) is 1. The predicted octanol–water partition coefficient (Wildman–Crippen LogP) is -1.74. The Bertz CT molecular complexity index is 469. The number of carbonyl (C=O) groups excluding carboxylic acids is 1. The van der Waals surface area contributed by atoms with Crippen LogP contribution in [0.2, 0.25) is 0 Å². The smallest absolute Gasteiger partial charge is 0.322 e. The molecule has 1 fully saturated rings. The molecule has 0 spiro atoms. The molecule has 20 heavy (non-hydrogen) atoms. The van der Waals surface area contributed by atoms with E-state index in [1.165, 1.54) is 0 Å². The monoisotopic (exact) mass is 309 g/mol. The highest BCUT2D eigenvalue weighted by atomic mass is 32.2. The number of hydrogen-bond acceptors (Lipinski definition) is 5. The third-order valence-corrected chi connectivity index (χ3v) is 4.28. The van der Waals surface area contributed by atoms with Crippen LogP contribution in [0.3, 0.4) is 0 Å². The van der Waals surface area contributed by atoms with Gasteiger partial charge >= 0.3 is 5.97 Å². The first-order valence-electron chi connectivity index (χ1n) is 6.05. The molecule has 1 rings (SSSR count). The van der Waals surface area contributed by atoms with Gasteiger partial charge in [-0.15, -0.1) is 0 Å². The highest BCUT2D eigenvalue weighted by molar-refractivity contribution is 7.87. The van der Waals surface area contributed by atoms with Gasteiger partial charge in [0.1, 0.15) is 6.04 Å². The number of carboxylic acids is 1. The van der Waals surface area contributed by atoms with Crippen molar-refractivity contribution in [3.63, 3.8) is 0 Å². The maximum atomic E-state index is 12.1. The molecule has 9 nitrogen and oxygen atoms in total. The fourth-order valence-electron chi connectivity index (χ4n) is 1.96. The minimum absolute atomic E-state index is 0.114. The lowest BCUT2D eigenvalue weighted by Gasteiger charge is -2.34. The van der Waals surface area contributed by atoms with E-state index in [1.807, 2.05) is 4.72 Å². The Hall–Kier alpha value is -1.23. The van der Waals surface area contributed by atoms with Gasteiger partial charge in [-0.25, -0.2) is 0 Å². The summed E-state index contributed by atoms with van der Waals surface area (Å²) >= 11 is 0. The van der Waals surface area contributed by atoms with E-state index in [-0.39, 0.29) is 25.3 Å². The van der Waals surface area contributed by atoms with Crippen molar-refractivity contribution in [1.29, 1.82) is 0 Å². The number of amides is 1. The molecular weight excluding hydrogens is 290 g/mol. The summed E-state index contributed by atoms with van der Waals surface area (Å²) in [6.07, 6.45) is -1.20. The number of nitrogens with zero attached hydrogens (tertiary/aromatic N) is 1. The van der Waals surface area contributed by atoms with E-state index in [2.05, 4.69) is 0 Å². The van der Waals surface area contributed by atoms with Crippen molar-refractivity contribution in [3.8, 4) is 0 Å². The van der Waals surface area contributed by atoms with Crippen LogP contribution in [0.15, 0.2) is 0 Å². The number of carboxylic acid groups (broad SMARTS) is 1. The third kappa shape index (κ3) is 4.71. The van der Waals surface area contributed by atoms with Crippen molar-refractivity contribution < 1.29 is 27.9 Å². The molecule has 3 atom stereocenters. The molecule has 0 aromatic carbocycles. The average Bonchev–Trinajstić information content (AvgIpc) is 2.25. The number of carbonyl (C=O) groups is 2. The van der Waals surface area contributed by atoms with Crippen molar-refractivity contribution in [3.05, 3.63) is 0 Å². The Labute approximate surface area is 117 Å². The molecule has 2 unspecified atom stereocenters. The second-order valence-electron chi connectivity index (χ2n) is 4.76. The summed E-state index contributed by atoms with van der Waals surface area (Å²) in [6.45, 7) is 3.66. The molecule has 0 radical (unpaired) electrons. The summed E-state index contributed by atoms with van der Waals surface area (Å²) in [7, 11) is -4.02. The van der Waals surface area contributed by atoms with E-state index < -0.39 is 34.5 Å². The molecule has 0 aromatic rings. The normalized spacial score (nSPS) is 26.1. The molecule has 1 aliphatic rings. The van der Waals surface area contributed by atoms with Gasteiger partial charge < -0.3 is 15.6 Å². The van der Waals surface area contributed by atoms with Gasteiger partial charge in [-0.05, 0) is 13.8 Å². The van der Waals surface area contributed by atoms with Gasteiger partial charge in [-0.2, -0.15) is 17.4 Å². The highest BCUT2D eigenvalue weighted by Crippen LogP contribution is 2.14. The van der Waals surface area contributed by atoms with Crippen LogP contribution in [0, 0.1) is 0 Å². The summed E-state index contributed by atoms with van der Waals surface area (Å²) in [5, 5.41) is 8.91. The lowest BCUT2D eigenvalue weighted by Crippen LogP contribution is -2.55. The van der Waals surface area contributed by atoms with Crippen LogP contribution in [0.1, 0.15) is 20.3 Å². The number of rotatable bonds is 6. The van der Waals surface area contributed by atoms with Gasteiger partial charge in [0, 0.05) is 13.1 Å². The molecule has 0 aromatic heterocycles. The lowest BCUT2D eigenvalue weighted by molar-refractivity contribution is -0.140. The summed E-state index contributed by atoms with van der Waals surface area (Å²) in [5.41, 5.74) is 4.90. The van der Waals surface area contributed by atoms with Crippen LogP contribution in [0.4, 0.5) is 0 Å². The van der Waals surface area contributed by atoms with Crippen LogP contribution < -0.4 is 10.5 Å². The van der Waals surface area contributed by atoms with E-state index >= 15 is 0 Å². The molecule has 1 aliphatic heterocycles. The number of ether oxygens (including phenoxy) is 1. The molecule has 0 saturated carbocycles. The zero-order valence-electron chi connectivity index (χ0n) is 11.3. The van der Waals surface area contributed by atoms with E-state index in [0.717, 1.165) is 4.31 Å². The maximum Gasteiger partial charge on any atom is 0.322 e. The highest BCUT2D eigenvalue weighted by Gasteiger charge is 2.34. The van der Waals surface area contributed by atoms with Crippen molar-refractivity contribution in [2.24, 2.45) is 5.73 Å². The van der Waals surface area contributed by atoms with Crippen LogP contribution in [-0.4, -0.2) is 61.0 Å². The third-order valence-electron chi connectivity index (χ3n) is 2.72. The summed E-state index contributed by atoms with van der Waals surface area (Å²) in [5.74, 6) is -2.36. The molecule has 116 valence electrons. The average molecular weight is 309 g/mol. The molecule has 0 aliphatic carbocycles. The fourth-order valence-corrected chi connectivity index (χ4v) is 3.47. The Balaban J connectivity index is 2.81. The quantitative estimate of drug-likeness (QED) is 0.532. The minimum Gasteiger partial charge on any atom is -0.480 e. The Morgan fingerprint density at radius 1 is 1.40 bits per heavy atom. The van der Waals surface area contributed by atoms with Crippen LogP contribution in [0.25, 0.3) is 0 Å². The second kappa shape index (κ2) is 6.48. The van der Waals surface area contributed by atoms with Crippen molar-refractivity contribution in [2.75, 3.05) is 13.1 Å². The maximum absolute atomic E-state index is 12.1. The van der Waals surface area contributed by atoms with Gasteiger partial charge in [0.25, 0.3) is 10.2 Å². The molecular formula is C10H19N3O6S. The van der Waals surface area contributed by atoms with Gasteiger partial charge in [-0.3, -0.25) is 9.59 Å². The first-order valence-corrected chi connectivity index (χ1v) is 7.49. The summed E-state index contributed by atoms with van der Waals surface area (Å²) < 4.78 is 32.7. The van der Waals surface area contributed by atoms with E-state index in [9.17, 15) is 18.0 Å². The lowest BCUT2D eigenvalue weighted by atomic mass is 10.2. The topological polar surface area (TPSA) is 139 Å². The largest absolute Gasteiger partial charge is 0.480 e. The number of morpholine rings is 1. The molecule has 10 heteroatoms. The Kier molecular flexibility index (Phi) is 5.45. The number of primary amides is 1. The van der Waals surface area contributed by atoms with Crippen molar-refractivity contribution in [2.45, 2.75) is 38.5 Å². The fraction of sp³-hybridized carbons (Fsp3) is 0.800. The van der Waals surface area contributed by atoms with Crippen molar-refractivity contribution >= 4 is 22.1 Å². The Morgan fingerprint density at radius 2 is 1.90 bits per heavy atom. The van der Waals surface area contributed by atoms with Crippen LogP contribution in [0.5, 0.6) is 0 Å². The van der Waals surface area contributed by atoms with Crippen LogP contribution in [-0.2, 0) is 24.5 Å². The van der Waals surface area contributed by atoms with Crippen LogP contribution >= 0.6 is 0 Å². The summed E-state index contributed by atoms with van der Waals surface area (Å²) in [4.78, 5) is 21.7. The first-order chi connectivity index (χ1) is 9.11. The number of hydrogen-bond donors (Lipinski definition) is 3. The van der Waals surface area contributed by atoms with Gasteiger partial charge in [-0.1, -0.05) is 0 Å². The molecule has 0 bridgehead atoms. The zero-order valence-corrected chi connectivity index (χ0v) is 12.1. The number of aliphatic carboxylic acids is 1. The minimum atomic E-state index is -4.02. The number of nitrogens with one attached hydrogen (secondary N) is 1. The van der Waals surface area contributed by atoms with E-state index in [4.69, 9.17) is 15.6 Å². The summed E-state index contributed by atoms with van der Waals surface area (Å²) in [6, 6.07) is -1.58. The van der Waals surface area contributed by atoms with E-state index in [0.29, 0.717) is 0 Å².